The van der Waals surface area contributed by atoms with Crippen molar-refractivity contribution in [2.75, 3.05) is 20.2 Å². The quantitative estimate of drug-likeness (QED) is 0.608. The topological polar surface area (TPSA) is 75.7 Å². The molecule has 0 aliphatic carbocycles. The van der Waals surface area contributed by atoms with Gasteiger partial charge in [-0.1, -0.05) is 46.6 Å². The number of ether oxygens (including phenoxy) is 1. The molecule has 0 saturated heterocycles. The molecule has 0 aromatic heterocycles. The Morgan fingerprint density at radius 3 is 2.57 bits per heavy atom. The van der Waals surface area contributed by atoms with Crippen LogP contribution < -0.4 is 10.1 Å². The second-order valence-corrected chi connectivity index (χ2v) is 9.33. The van der Waals surface area contributed by atoms with E-state index in [1.807, 2.05) is 31.2 Å². The van der Waals surface area contributed by atoms with Crippen molar-refractivity contribution < 1.29 is 17.9 Å². The van der Waals surface area contributed by atoms with Crippen LogP contribution in [-0.4, -0.2) is 38.8 Å². The Kier molecular flexibility index (Phi) is 7.88. The molecule has 0 fully saturated rings. The van der Waals surface area contributed by atoms with Gasteiger partial charge in [-0.05, 0) is 42.8 Å². The molecule has 0 saturated carbocycles. The summed E-state index contributed by atoms with van der Waals surface area (Å²) in [5, 5.41) is 3.02. The second-order valence-electron chi connectivity index (χ2n) is 6.07. The Balaban J connectivity index is 2.13. The lowest BCUT2D eigenvalue weighted by Crippen LogP contribution is -2.41. The fraction of sp³-hybridized carbons (Fsp3) is 0.316. The zero-order valence-corrected chi connectivity index (χ0v) is 18.9. The summed E-state index contributed by atoms with van der Waals surface area (Å²) < 4.78 is 32.8. The minimum atomic E-state index is -3.88. The second kappa shape index (κ2) is 9.73. The maximum atomic E-state index is 12.9. The molecule has 0 bridgehead atoms. The van der Waals surface area contributed by atoms with Crippen LogP contribution >= 0.6 is 27.5 Å². The van der Waals surface area contributed by atoms with Gasteiger partial charge < -0.3 is 10.1 Å². The first-order valence-electron chi connectivity index (χ1n) is 8.57. The lowest BCUT2D eigenvalue weighted by atomic mass is 10.1. The van der Waals surface area contributed by atoms with Gasteiger partial charge in [0, 0.05) is 11.0 Å². The summed E-state index contributed by atoms with van der Waals surface area (Å²) in [6, 6.07) is 11.5. The van der Waals surface area contributed by atoms with Crippen LogP contribution in [0.1, 0.15) is 25.5 Å². The van der Waals surface area contributed by atoms with Crippen LogP contribution in [0.15, 0.2) is 51.8 Å². The fourth-order valence-corrected chi connectivity index (χ4v) is 4.80. The number of rotatable bonds is 8. The van der Waals surface area contributed by atoms with Crippen molar-refractivity contribution in [2.45, 2.75) is 24.8 Å². The van der Waals surface area contributed by atoms with Crippen LogP contribution in [0.4, 0.5) is 0 Å². The number of amides is 1. The Bertz CT molecular complexity index is 953. The summed E-state index contributed by atoms with van der Waals surface area (Å²) in [4.78, 5) is 12.5. The number of nitrogens with one attached hydrogen (secondary N) is 1. The largest absolute Gasteiger partial charge is 0.495 e. The number of hydrogen-bond donors (Lipinski definition) is 1. The zero-order chi connectivity index (χ0) is 20.9. The Morgan fingerprint density at radius 2 is 2.00 bits per heavy atom. The maximum absolute atomic E-state index is 12.9. The number of carbonyl (C=O) groups is 1. The van der Waals surface area contributed by atoms with Crippen LogP contribution in [0.3, 0.4) is 0 Å². The molecule has 9 heteroatoms. The Morgan fingerprint density at radius 1 is 1.29 bits per heavy atom. The SMILES string of the molecule is CCN(CC(=O)N[C@H](C)c1cccc(Br)c1)S(=O)(=O)c1ccc(OC)c(Cl)c1. The predicted molar refractivity (Wildman–Crippen MR) is 113 cm³/mol. The summed E-state index contributed by atoms with van der Waals surface area (Å²) in [6.07, 6.45) is 0. The van der Waals surface area contributed by atoms with E-state index < -0.39 is 15.9 Å². The third kappa shape index (κ3) is 5.47. The molecule has 0 unspecified atom stereocenters. The van der Waals surface area contributed by atoms with Crippen molar-refractivity contribution in [3.8, 4) is 5.75 Å². The summed E-state index contributed by atoms with van der Waals surface area (Å²) in [5.74, 6) is -0.0123. The molecule has 0 spiro atoms. The lowest BCUT2D eigenvalue weighted by molar-refractivity contribution is -0.121. The van der Waals surface area contributed by atoms with Crippen molar-refractivity contribution in [1.82, 2.24) is 9.62 Å². The number of benzene rings is 2. The molecule has 6 nitrogen and oxygen atoms in total. The number of methoxy groups -OCH3 is 1. The van der Waals surface area contributed by atoms with Crippen molar-refractivity contribution in [3.05, 3.63) is 57.5 Å². The van der Waals surface area contributed by atoms with Gasteiger partial charge in [0.05, 0.1) is 29.6 Å². The third-order valence-electron chi connectivity index (χ3n) is 4.16. The van der Waals surface area contributed by atoms with E-state index >= 15 is 0 Å². The van der Waals surface area contributed by atoms with E-state index in [1.54, 1.807) is 6.92 Å². The first-order chi connectivity index (χ1) is 13.2. The molecule has 28 heavy (non-hydrogen) atoms. The van der Waals surface area contributed by atoms with Crippen molar-refractivity contribution in [3.63, 3.8) is 0 Å². The van der Waals surface area contributed by atoms with Crippen LogP contribution in [0.25, 0.3) is 0 Å². The highest BCUT2D eigenvalue weighted by Gasteiger charge is 2.26. The number of sulfonamides is 1. The van der Waals surface area contributed by atoms with Crippen LogP contribution in [0, 0.1) is 0 Å². The molecule has 2 rings (SSSR count). The molecule has 1 N–H and O–H groups in total. The Hall–Kier alpha value is -1.61. The van der Waals surface area contributed by atoms with Crippen molar-refractivity contribution >= 4 is 43.5 Å². The maximum Gasteiger partial charge on any atom is 0.243 e. The highest BCUT2D eigenvalue weighted by Crippen LogP contribution is 2.28. The normalized spacial score (nSPS) is 12.6. The van der Waals surface area contributed by atoms with Crippen LogP contribution in [0.2, 0.25) is 5.02 Å². The van der Waals surface area contributed by atoms with Gasteiger partial charge in [-0.15, -0.1) is 0 Å². The third-order valence-corrected chi connectivity index (χ3v) is 6.87. The number of halogens is 2. The van der Waals surface area contributed by atoms with Gasteiger partial charge in [0.15, 0.2) is 0 Å². The van der Waals surface area contributed by atoms with Gasteiger partial charge in [0.25, 0.3) is 0 Å². The predicted octanol–water partition coefficient (Wildman–Crippen LogP) is 4.00. The number of carbonyl (C=O) groups excluding carboxylic acids is 1. The van der Waals surface area contributed by atoms with Gasteiger partial charge in [-0.3, -0.25) is 4.79 Å². The fourth-order valence-electron chi connectivity index (χ4n) is 2.63. The van der Waals surface area contributed by atoms with E-state index in [0.29, 0.717) is 5.75 Å². The van der Waals surface area contributed by atoms with E-state index in [1.165, 1.54) is 25.3 Å². The van der Waals surface area contributed by atoms with E-state index in [-0.39, 0.29) is 29.0 Å². The van der Waals surface area contributed by atoms with Crippen molar-refractivity contribution in [1.29, 1.82) is 0 Å². The summed E-state index contributed by atoms with van der Waals surface area (Å²) in [6.45, 7) is 3.37. The monoisotopic (exact) mass is 488 g/mol. The highest BCUT2D eigenvalue weighted by molar-refractivity contribution is 9.10. The number of nitrogens with zero attached hydrogens (tertiary/aromatic N) is 1. The molecule has 1 amide bonds. The molecule has 0 aliphatic rings. The zero-order valence-electron chi connectivity index (χ0n) is 15.8. The standard InChI is InChI=1S/C19H22BrClN2O4S/c1-4-23(28(25,26)16-8-9-18(27-3)17(21)11-16)12-19(24)22-13(2)14-6-5-7-15(20)10-14/h5-11,13H,4,12H2,1-3H3,(H,22,24)/t13-/m1/s1. The molecular weight excluding hydrogens is 468 g/mol. The molecule has 0 aliphatic heterocycles. The van der Waals surface area contributed by atoms with Gasteiger partial charge >= 0.3 is 0 Å². The minimum Gasteiger partial charge on any atom is -0.495 e. The summed E-state index contributed by atoms with van der Waals surface area (Å²) in [5.41, 5.74) is 0.913. The van der Waals surface area contributed by atoms with Gasteiger partial charge in [0.1, 0.15) is 5.75 Å². The smallest absolute Gasteiger partial charge is 0.243 e. The van der Waals surface area contributed by atoms with Gasteiger partial charge in [0.2, 0.25) is 15.9 Å². The first kappa shape index (κ1) is 22.7. The van der Waals surface area contributed by atoms with E-state index in [2.05, 4.69) is 21.2 Å². The van der Waals surface area contributed by atoms with E-state index in [4.69, 9.17) is 16.3 Å². The van der Waals surface area contributed by atoms with Crippen LogP contribution in [-0.2, 0) is 14.8 Å². The molecular formula is C19H22BrClN2O4S. The lowest BCUT2D eigenvalue weighted by Gasteiger charge is -2.22. The molecule has 2 aromatic rings. The molecule has 0 heterocycles. The summed E-state index contributed by atoms with van der Waals surface area (Å²) >= 11 is 9.44. The molecule has 1 atom stereocenters. The molecule has 2 aromatic carbocycles. The summed E-state index contributed by atoms with van der Waals surface area (Å²) in [7, 11) is -2.43. The van der Waals surface area contributed by atoms with Gasteiger partial charge in [-0.2, -0.15) is 4.31 Å². The minimum absolute atomic E-state index is 0.00740. The van der Waals surface area contributed by atoms with Crippen molar-refractivity contribution in [2.24, 2.45) is 0 Å². The average Bonchev–Trinajstić information content (AvgIpc) is 2.65. The van der Waals surface area contributed by atoms with E-state index in [0.717, 1.165) is 14.3 Å². The number of hydrogen-bond acceptors (Lipinski definition) is 4. The molecule has 0 radical (unpaired) electrons. The highest BCUT2D eigenvalue weighted by atomic mass is 79.9. The van der Waals surface area contributed by atoms with Gasteiger partial charge in [-0.25, -0.2) is 8.42 Å². The average molecular weight is 490 g/mol. The van der Waals surface area contributed by atoms with E-state index in [9.17, 15) is 13.2 Å². The number of likely N-dealkylation sites (N-methyl/N-ethyl adjacent to an activating group) is 1. The van der Waals surface area contributed by atoms with Crippen LogP contribution in [0.5, 0.6) is 5.75 Å². The Labute approximate surface area is 179 Å². The molecule has 152 valence electrons. The first-order valence-corrected chi connectivity index (χ1v) is 11.2.